The first-order valence-electron chi connectivity index (χ1n) is 6.49. The molecule has 0 saturated carbocycles. The van der Waals surface area contributed by atoms with E-state index < -0.39 is 10.2 Å². The second-order valence-electron chi connectivity index (χ2n) is 4.65. The number of para-hydroxylation sites is 2. The highest BCUT2D eigenvalue weighted by molar-refractivity contribution is 7.90. The lowest BCUT2D eigenvalue weighted by Gasteiger charge is -2.14. The van der Waals surface area contributed by atoms with Gasteiger partial charge >= 0.3 is 10.2 Å². The van der Waals surface area contributed by atoms with E-state index in [0.717, 1.165) is 9.99 Å². The van der Waals surface area contributed by atoms with Gasteiger partial charge in [-0.15, -0.1) is 0 Å². The monoisotopic (exact) mass is 322 g/mol. The molecule has 1 aromatic heterocycles. The summed E-state index contributed by atoms with van der Waals surface area (Å²) in [6, 6.07) is 10.8. The molecule has 118 valence electrons. The van der Waals surface area contributed by atoms with Crippen LogP contribution in [0.4, 0.5) is 17.2 Å². The molecule has 8 heteroatoms. The van der Waals surface area contributed by atoms with Gasteiger partial charge in [0, 0.05) is 14.1 Å². The minimum atomic E-state index is -3.53. The molecule has 7 nitrogen and oxygen atoms in total. The Morgan fingerprint density at radius 2 is 1.86 bits per heavy atom. The van der Waals surface area contributed by atoms with Gasteiger partial charge in [0.25, 0.3) is 0 Å². The molecule has 0 aliphatic heterocycles. The minimum absolute atomic E-state index is 0.388. The summed E-state index contributed by atoms with van der Waals surface area (Å²) in [5, 5.41) is 3.11. The number of methoxy groups -OCH3 is 1. The summed E-state index contributed by atoms with van der Waals surface area (Å²) < 4.78 is 32.2. The van der Waals surface area contributed by atoms with Crippen LogP contribution in [0.1, 0.15) is 0 Å². The number of hydrogen-bond acceptors (Lipinski definition) is 5. The Kier molecular flexibility index (Phi) is 4.84. The molecule has 2 rings (SSSR count). The first-order valence-corrected chi connectivity index (χ1v) is 7.93. The van der Waals surface area contributed by atoms with Crippen molar-refractivity contribution in [1.82, 2.24) is 9.29 Å². The van der Waals surface area contributed by atoms with Gasteiger partial charge in [-0.1, -0.05) is 12.1 Å². The van der Waals surface area contributed by atoms with Crippen molar-refractivity contribution in [1.29, 1.82) is 0 Å². The van der Waals surface area contributed by atoms with E-state index in [0.29, 0.717) is 17.3 Å². The summed E-state index contributed by atoms with van der Waals surface area (Å²) in [4.78, 5) is 4.18. The van der Waals surface area contributed by atoms with E-state index in [4.69, 9.17) is 4.74 Å². The van der Waals surface area contributed by atoms with Crippen LogP contribution in [0.15, 0.2) is 42.6 Å². The molecular formula is C14H18N4O3S. The normalized spacial score (nSPS) is 11.3. The second-order valence-corrected chi connectivity index (χ2v) is 6.53. The van der Waals surface area contributed by atoms with E-state index in [-0.39, 0.29) is 0 Å². The molecule has 0 aliphatic carbocycles. The lowest BCUT2D eigenvalue weighted by Crippen LogP contribution is -2.28. The van der Waals surface area contributed by atoms with Crippen molar-refractivity contribution in [3.8, 4) is 5.75 Å². The van der Waals surface area contributed by atoms with Crippen LogP contribution < -0.4 is 14.8 Å². The molecule has 1 heterocycles. The Labute approximate surface area is 130 Å². The van der Waals surface area contributed by atoms with E-state index in [1.807, 2.05) is 24.3 Å². The fourth-order valence-corrected chi connectivity index (χ4v) is 2.26. The largest absolute Gasteiger partial charge is 0.495 e. The van der Waals surface area contributed by atoms with Crippen molar-refractivity contribution in [2.75, 3.05) is 31.2 Å². The lowest BCUT2D eigenvalue weighted by molar-refractivity contribution is 0.417. The van der Waals surface area contributed by atoms with E-state index in [1.165, 1.54) is 20.3 Å². The number of nitrogens with one attached hydrogen (secondary N) is 2. The fourth-order valence-electron chi connectivity index (χ4n) is 1.65. The topological polar surface area (TPSA) is 83.6 Å². The van der Waals surface area contributed by atoms with Gasteiger partial charge in [0.2, 0.25) is 0 Å². The average molecular weight is 322 g/mol. The highest BCUT2D eigenvalue weighted by Gasteiger charge is 2.13. The maximum atomic E-state index is 11.7. The van der Waals surface area contributed by atoms with Crippen LogP contribution in [-0.2, 0) is 10.2 Å². The highest BCUT2D eigenvalue weighted by atomic mass is 32.2. The lowest BCUT2D eigenvalue weighted by atomic mass is 10.3. The van der Waals surface area contributed by atoms with Crippen molar-refractivity contribution in [3.63, 3.8) is 0 Å². The first-order chi connectivity index (χ1) is 10.4. The molecule has 0 saturated heterocycles. The molecule has 0 atom stereocenters. The van der Waals surface area contributed by atoms with Crippen LogP contribution in [0.25, 0.3) is 0 Å². The summed E-state index contributed by atoms with van der Waals surface area (Å²) in [6.45, 7) is 0. The Bertz CT molecular complexity index is 730. The van der Waals surface area contributed by atoms with Crippen molar-refractivity contribution in [3.05, 3.63) is 42.6 Å². The van der Waals surface area contributed by atoms with Crippen molar-refractivity contribution >= 4 is 27.4 Å². The van der Waals surface area contributed by atoms with Crippen molar-refractivity contribution < 1.29 is 13.2 Å². The molecule has 1 aromatic carbocycles. The second kappa shape index (κ2) is 6.63. The maximum absolute atomic E-state index is 11.7. The molecule has 2 N–H and O–H groups in total. The maximum Gasteiger partial charge on any atom is 0.301 e. The van der Waals surface area contributed by atoms with E-state index in [1.54, 1.807) is 19.2 Å². The zero-order valence-electron chi connectivity index (χ0n) is 12.6. The number of pyridine rings is 1. The summed E-state index contributed by atoms with van der Waals surface area (Å²) in [6.07, 6.45) is 1.44. The van der Waals surface area contributed by atoms with Crippen LogP contribution in [-0.4, -0.2) is 38.9 Å². The highest BCUT2D eigenvalue weighted by Crippen LogP contribution is 2.26. The SMILES string of the molecule is COc1ccccc1Nc1ccc(NS(=O)(=O)N(C)C)cn1. The molecular weight excluding hydrogens is 304 g/mol. The van der Waals surface area contributed by atoms with Crippen LogP contribution >= 0.6 is 0 Å². The van der Waals surface area contributed by atoms with Gasteiger partial charge in [-0.3, -0.25) is 4.72 Å². The molecule has 0 amide bonds. The van der Waals surface area contributed by atoms with Crippen LogP contribution in [0, 0.1) is 0 Å². The molecule has 2 aromatic rings. The van der Waals surface area contributed by atoms with Gasteiger partial charge in [-0.05, 0) is 24.3 Å². The van der Waals surface area contributed by atoms with Gasteiger partial charge < -0.3 is 10.1 Å². The number of ether oxygens (including phenoxy) is 1. The summed E-state index contributed by atoms with van der Waals surface area (Å²) in [5.41, 5.74) is 1.17. The Balaban J connectivity index is 2.13. The third kappa shape index (κ3) is 3.86. The summed E-state index contributed by atoms with van der Waals surface area (Å²) >= 11 is 0. The standard InChI is InChI=1S/C14H18N4O3S/c1-18(2)22(19,20)17-11-8-9-14(15-10-11)16-12-6-4-5-7-13(12)21-3/h4-10,17H,1-3H3,(H,15,16). The van der Waals surface area contributed by atoms with Gasteiger partial charge in [0.15, 0.2) is 0 Å². The number of rotatable bonds is 6. The molecule has 0 fully saturated rings. The third-order valence-corrected chi connectivity index (χ3v) is 4.32. The predicted octanol–water partition coefficient (Wildman–Crippen LogP) is 2.05. The Morgan fingerprint density at radius 1 is 1.14 bits per heavy atom. The van der Waals surface area contributed by atoms with Crippen molar-refractivity contribution in [2.24, 2.45) is 0 Å². The number of nitrogens with zero attached hydrogens (tertiary/aromatic N) is 2. The minimum Gasteiger partial charge on any atom is -0.495 e. The van der Waals surface area contributed by atoms with Gasteiger partial charge in [0.1, 0.15) is 11.6 Å². The Hall–Kier alpha value is -2.32. The molecule has 0 radical (unpaired) electrons. The van der Waals surface area contributed by atoms with E-state index >= 15 is 0 Å². The zero-order chi connectivity index (χ0) is 16.2. The average Bonchev–Trinajstić information content (AvgIpc) is 2.49. The summed E-state index contributed by atoms with van der Waals surface area (Å²) in [5.74, 6) is 1.28. The predicted molar refractivity (Wildman–Crippen MR) is 86.7 cm³/mol. The molecule has 22 heavy (non-hydrogen) atoms. The number of hydrogen-bond donors (Lipinski definition) is 2. The Morgan fingerprint density at radius 3 is 2.45 bits per heavy atom. The first kappa shape index (κ1) is 16.1. The van der Waals surface area contributed by atoms with Crippen LogP contribution in [0.5, 0.6) is 5.75 Å². The quantitative estimate of drug-likeness (QED) is 0.850. The molecule has 0 bridgehead atoms. The zero-order valence-corrected chi connectivity index (χ0v) is 13.4. The van der Waals surface area contributed by atoms with E-state index in [2.05, 4.69) is 15.0 Å². The molecule has 0 spiro atoms. The van der Waals surface area contributed by atoms with E-state index in [9.17, 15) is 8.42 Å². The van der Waals surface area contributed by atoms with Gasteiger partial charge in [-0.25, -0.2) is 4.98 Å². The summed E-state index contributed by atoms with van der Waals surface area (Å²) in [7, 11) is 0.963. The third-order valence-electron chi connectivity index (χ3n) is 2.86. The number of aromatic nitrogens is 1. The van der Waals surface area contributed by atoms with Gasteiger partial charge in [0.05, 0.1) is 24.7 Å². The number of anilines is 3. The molecule has 0 unspecified atom stereocenters. The van der Waals surface area contributed by atoms with Gasteiger partial charge in [-0.2, -0.15) is 12.7 Å². The fraction of sp³-hybridized carbons (Fsp3) is 0.214. The number of benzene rings is 1. The van der Waals surface area contributed by atoms with Crippen LogP contribution in [0.2, 0.25) is 0 Å². The van der Waals surface area contributed by atoms with Crippen LogP contribution in [0.3, 0.4) is 0 Å². The van der Waals surface area contributed by atoms with Crippen molar-refractivity contribution in [2.45, 2.75) is 0 Å². The molecule has 0 aliphatic rings. The smallest absolute Gasteiger partial charge is 0.301 e.